The predicted molar refractivity (Wildman–Crippen MR) is 122 cm³/mol. The highest BCUT2D eigenvalue weighted by Crippen LogP contribution is 2.27. The van der Waals surface area contributed by atoms with Gasteiger partial charge >= 0.3 is 0 Å². The van der Waals surface area contributed by atoms with Crippen molar-refractivity contribution in [3.05, 3.63) is 92.7 Å². The van der Waals surface area contributed by atoms with Crippen LogP contribution in [0.25, 0.3) is 5.13 Å². The molecule has 7 heteroatoms. The van der Waals surface area contributed by atoms with E-state index in [2.05, 4.69) is 22.4 Å². The highest BCUT2D eigenvalue weighted by atomic mass is 35.5. The Morgan fingerprint density at radius 1 is 1.03 bits per heavy atom. The van der Waals surface area contributed by atoms with E-state index in [0.717, 1.165) is 17.8 Å². The molecule has 4 aromatic rings. The molecule has 0 radical (unpaired) electrons. The number of hydrogen-bond acceptors (Lipinski definition) is 4. The molecule has 2 heterocycles. The average Bonchev–Trinajstić information content (AvgIpc) is 3.25. The summed E-state index contributed by atoms with van der Waals surface area (Å²) in [5.41, 5.74) is 5.79. The Bertz CT molecular complexity index is 1200. The van der Waals surface area contributed by atoms with Crippen molar-refractivity contribution in [1.29, 1.82) is 0 Å². The summed E-state index contributed by atoms with van der Waals surface area (Å²) in [6.45, 7) is 5.90. The minimum Gasteiger partial charge on any atom is -0.321 e. The fraction of sp³-hybridized carbons (Fsp3) is 0.174. The molecule has 2 aromatic heterocycles. The lowest BCUT2D eigenvalue weighted by atomic mass is 10.0. The molecule has 5 nitrogen and oxygen atoms in total. The van der Waals surface area contributed by atoms with Crippen LogP contribution in [0, 0.1) is 20.8 Å². The van der Waals surface area contributed by atoms with E-state index in [4.69, 9.17) is 16.7 Å². The van der Waals surface area contributed by atoms with Crippen molar-refractivity contribution in [3.8, 4) is 5.13 Å². The van der Waals surface area contributed by atoms with Gasteiger partial charge in [0.15, 0.2) is 0 Å². The molecule has 0 aliphatic heterocycles. The van der Waals surface area contributed by atoms with Crippen LogP contribution in [-0.2, 0) is 6.42 Å². The highest BCUT2D eigenvalue weighted by molar-refractivity contribution is 7.16. The van der Waals surface area contributed by atoms with Crippen LogP contribution in [0.5, 0.6) is 0 Å². The van der Waals surface area contributed by atoms with Gasteiger partial charge in [0.2, 0.25) is 5.13 Å². The maximum Gasteiger partial charge on any atom is 0.267 e. The molecule has 4 rings (SSSR count). The Kier molecular flexibility index (Phi) is 5.70. The number of amides is 1. The molecule has 0 saturated heterocycles. The minimum atomic E-state index is -0.190. The number of halogens is 1. The van der Waals surface area contributed by atoms with Gasteiger partial charge in [-0.1, -0.05) is 53.3 Å². The molecule has 1 amide bonds. The van der Waals surface area contributed by atoms with Crippen molar-refractivity contribution >= 4 is 34.5 Å². The zero-order chi connectivity index (χ0) is 21.3. The smallest absolute Gasteiger partial charge is 0.267 e. The second-order valence-corrected chi connectivity index (χ2v) is 8.51. The van der Waals surface area contributed by atoms with E-state index in [1.807, 2.05) is 43.7 Å². The van der Waals surface area contributed by atoms with Crippen LogP contribution in [-0.4, -0.2) is 20.7 Å². The van der Waals surface area contributed by atoms with Gasteiger partial charge in [0.1, 0.15) is 4.88 Å². The molecule has 152 valence electrons. The van der Waals surface area contributed by atoms with Gasteiger partial charge in [-0.05, 0) is 50.6 Å². The quantitative estimate of drug-likeness (QED) is 0.433. The normalized spacial score (nSPS) is 10.9. The number of hydrogen-bond donors (Lipinski definition) is 1. The molecule has 0 atom stereocenters. The fourth-order valence-electron chi connectivity index (χ4n) is 3.32. The zero-order valence-electron chi connectivity index (χ0n) is 16.9. The summed E-state index contributed by atoms with van der Waals surface area (Å²) in [5, 5.41) is 8.91. The second kappa shape index (κ2) is 8.42. The van der Waals surface area contributed by atoms with E-state index in [-0.39, 0.29) is 5.91 Å². The van der Waals surface area contributed by atoms with E-state index < -0.39 is 0 Å². The number of thiazole rings is 1. The third kappa shape index (κ3) is 4.15. The van der Waals surface area contributed by atoms with Gasteiger partial charge in [-0.2, -0.15) is 5.10 Å². The molecular weight excluding hydrogens is 416 g/mol. The van der Waals surface area contributed by atoms with Crippen molar-refractivity contribution < 1.29 is 4.79 Å². The van der Waals surface area contributed by atoms with Crippen LogP contribution in [0.15, 0.2) is 54.6 Å². The Morgan fingerprint density at radius 2 is 1.73 bits per heavy atom. The van der Waals surface area contributed by atoms with Crippen molar-refractivity contribution in [2.75, 3.05) is 5.32 Å². The second-order valence-electron chi connectivity index (χ2n) is 7.10. The van der Waals surface area contributed by atoms with Gasteiger partial charge in [0, 0.05) is 28.4 Å². The Balaban J connectivity index is 1.60. The third-order valence-electron chi connectivity index (χ3n) is 4.94. The molecule has 2 aromatic carbocycles. The van der Waals surface area contributed by atoms with E-state index in [0.29, 0.717) is 26.4 Å². The van der Waals surface area contributed by atoms with Crippen molar-refractivity contribution in [2.45, 2.75) is 27.2 Å². The van der Waals surface area contributed by atoms with Crippen LogP contribution in [0.1, 0.15) is 37.9 Å². The van der Waals surface area contributed by atoms with Gasteiger partial charge in [-0.15, -0.1) is 0 Å². The molecule has 0 bridgehead atoms. The van der Waals surface area contributed by atoms with Crippen molar-refractivity contribution in [3.63, 3.8) is 0 Å². The first kappa shape index (κ1) is 20.3. The largest absolute Gasteiger partial charge is 0.321 e. The maximum absolute atomic E-state index is 12.8. The first-order chi connectivity index (χ1) is 14.4. The Hall–Kier alpha value is -2.96. The summed E-state index contributed by atoms with van der Waals surface area (Å²) in [7, 11) is 0. The lowest BCUT2D eigenvalue weighted by Gasteiger charge is -2.04. The summed E-state index contributed by atoms with van der Waals surface area (Å²) in [4.78, 5) is 17.9. The third-order valence-corrected chi connectivity index (χ3v) is 6.32. The standard InChI is InChI=1S/C23H21ClN4OS/c1-14-20(13-17-7-5-4-6-8-17)16(3)28(27-14)23-25-15(2)21(30-23)22(29)26-19-11-9-18(24)10-12-19/h4-12H,13H2,1-3H3,(H,26,29). The topological polar surface area (TPSA) is 59.8 Å². The number of carbonyl (C=O) groups excluding carboxylic acids is 1. The van der Waals surface area contributed by atoms with Crippen molar-refractivity contribution in [2.24, 2.45) is 0 Å². The predicted octanol–water partition coefficient (Wildman–Crippen LogP) is 5.75. The molecule has 1 N–H and O–H groups in total. The van der Waals surface area contributed by atoms with E-state index >= 15 is 0 Å². The molecule has 0 unspecified atom stereocenters. The number of rotatable bonds is 5. The molecule has 0 saturated carbocycles. The van der Waals surface area contributed by atoms with Crippen molar-refractivity contribution in [1.82, 2.24) is 14.8 Å². The molecule has 0 aliphatic carbocycles. The maximum atomic E-state index is 12.8. The summed E-state index contributed by atoms with van der Waals surface area (Å²) in [5.74, 6) is -0.190. The number of aryl methyl sites for hydroxylation is 2. The van der Waals surface area contributed by atoms with E-state index in [1.54, 1.807) is 24.3 Å². The van der Waals surface area contributed by atoms with Crippen LogP contribution in [0.2, 0.25) is 5.02 Å². The van der Waals surface area contributed by atoms with E-state index in [1.165, 1.54) is 22.5 Å². The van der Waals surface area contributed by atoms with E-state index in [9.17, 15) is 4.79 Å². The number of carbonyl (C=O) groups is 1. The number of aromatic nitrogens is 3. The molecule has 0 fully saturated rings. The SMILES string of the molecule is Cc1nc(-n2nc(C)c(Cc3ccccc3)c2C)sc1C(=O)Nc1ccc(Cl)cc1. The Morgan fingerprint density at radius 3 is 2.43 bits per heavy atom. The van der Waals surface area contributed by atoms with Crippen LogP contribution >= 0.6 is 22.9 Å². The molecule has 0 aliphatic rings. The van der Waals surface area contributed by atoms with Crippen LogP contribution in [0.3, 0.4) is 0 Å². The monoisotopic (exact) mass is 436 g/mol. The summed E-state index contributed by atoms with van der Waals surface area (Å²) in [6.07, 6.45) is 0.812. The van der Waals surface area contributed by atoms with Gasteiger partial charge in [-0.25, -0.2) is 9.67 Å². The van der Waals surface area contributed by atoms with Crippen LogP contribution in [0.4, 0.5) is 5.69 Å². The lowest BCUT2D eigenvalue weighted by Crippen LogP contribution is -2.11. The molecule has 0 spiro atoms. The number of benzene rings is 2. The fourth-order valence-corrected chi connectivity index (χ4v) is 4.41. The van der Waals surface area contributed by atoms with Gasteiger partial charge in [0.25, 0.3) is 5.91 Å². The Labute approximate surface area is 184 Å². The number of anilines is 1. The van der Waals surface area contributed by atoms with Gasteiger partial charge in [-0.3, -0.25) is 4.79 Å². The molecule has 30 heavy (non-hydrogen) atoms. The number of nitrogens with zero attached hydrogens (tertiary/aromatic N) is 3. The summed E-state index contributed by atoms with van der Waals surface area (Å²) in [6, 6.07) is 17.4. The van der Waals surface area contributed by atoms with Gasteiger partial charge in [0.05, 0.1) is 11.4 Å². The first-order valence-corrected chi connectivity index (χ1v) is 10.8. The number of nitrogens with one attached hydrogen (secondary N) is 1. The lowest BCUT2D eigenvalue weighted by molar-refractivity contribution is 0.103. The average molecular weight is 437 g/mol. The minimum absolute atomic E-state index is 0.190. The zero-order valence-corrected chi connectivity index (χ0v) is 18.5. The first-order valence-electron chi connectivity index (χ1n) is 9.56. The van der Waals surface area contributed by atoms with Gasteiger partial charge < -0.3 is 5.32 Å². The highest BCUT2D eigenvalue weighted by Gasteiger charge is 2.20. The summed E-state index contributed by atoms with van der Waals surface area (Å²) < 4.78 is 1.84. The molecular formula is C23H21ClN4OS. The van der Waals surface area contributed by atoms with Crippen LogP contribution < -0.4 is 5.32 Å². The summed E-state index contributed by atoms with van der Waals surface area (Å²) >= 11 is 7.25.